The standard InChI is InChI=1S/C16H29N3O14S2/c1-7(22)18-12-13(23)14(33-35(28,29)30)11(6-21)32-16(12)31-10-4-8(19-9(10)5-20)15(24)17-2-3-34(25,26)27/h8-14,16,19-21,23H,2-6H2,1H3,(H,17,24)(H,18,22)(H,25,26,27)(H,28,29,30)/p-1/t8-,9+,10-,11+,12+,13+,14+,16+/m0/s1. The van der Waals surface area contributed by atoms with Crippen molar-refractivity contribution in [1.29, 1.82) is 0 Å². The molecule has 0 aliphatic carbocycles. The number of ether oxygens (including phenoxy) is 2. The van der Waals surface area contributed by atoms with E-state index in [0.717, 1.165) is 6.92 Å². The monoisotopic (exact) mass is 550 g/mol. The van der Waals surface area contributed by atoms with Crippen molar-refractivity contribution in [2.75, 3.05) is 25.5 Å². The summed E-state index contributed by atoms with van der Waals surface area (Å²) in [5, 5.41) is 37.2. The average molecular weight is 551 g/mol. The molecule has 2 amide bonds. The second-order valence-corrected chi connectivity index (χ2v) is 10.5. The fourth-order valence-electron chi connectivity index (χ4n) is 3.76. The molecule has 35 heavy (non-hydrogen) atoms. The summed E-state index contributed by atoms with van der Waals surface area (Å²) >= 11 is 0. The summed E-state index contributed by atoms with van der Waals surface area (Å²) in [6.07, 6.45) is -7.95. The van der Waals surface area contributed by atoms with Crippen LogP contribution in [-0.2, 0) is 43.8 Å². The van der Waals surface area contributed by atoms with Crippen molar-refractivity contribution in [3.8, 4) is 0 Å². The maximum atomic E-state index is 12.3. The third kappa shape index (κ3) is 8.82. The molecular formula is C16H28N3O14S2-. The Morgan fingerprint density at radius 1 is 1.20 bits per heavy atom. The van der Waals surface area contributed by atoms with Crippen LogP contribution in [0.4, 0.5) is 0 Å². The topological polar surface area (TPSA) is 270 Å². The van der Waals surface area contributed by atoms with E-state index in [1.165, 1.54) is 0 Å². The molecule has 0 radical (unpaired) electrons. The molecule has 8 atom stereocenters. The van der Waals surface area contributed by atoms with Crippen LogP contribution in [0.15, 0.2) is 0 Å². The summed E-state index contributed by atoms with van der Waals surface area (Å²) in [6.45, 7) is -0.753. The van der Waals surface area contributed by atoms with Crippen molar-refractivity contribution in [3.05, 3.63) is 0 Å². The molecule has 0 bridgehead atoms. The molecule has 0 spiro atoms. The summed E-state index contributed by atoms with van der Waals surface area (Å²) in [4.78, 5) is 24.0. The SMILES string of the molecule is CC(=O)N[C@H]1[C@H](O[C@H]2C[C@@H](C(=O)NCCS(=O)(=O)O)N[C@@H]2CO)O[C@H](CO)[C@@H](OS(=O)(=O)[O-])[C@@H]1O. The Balaban J connectivity index is 2.15. The second kappa shape index (κ2) is 12.1. The van der Waals surface area contributed by atoms with E-state index in [4.69, 9.17) is 14.0 Å². The molecule has 0 unspecified atom stereocenters. The lowest BCUT2D eigenvalue weighted by atomic mass is 9.96. The van der Waals surface area contributed by atoms with E-state index in [0.29, 0.717) is 0 Å². The van der Waals surface area contributed by atoms with E-state index in [2.05, 4.69) is 20.1 Å². The molecule has 17 nitrogen and oxygen atoms in total. The molecule has 2 heterocycles. The Labute approximate surface area is 200 Å². The lowest BCUT2D eigenvalue weighted by molar-refractivity contribution is -0.279. The first-order valence-electron chi connectivity index (χ1n) is 10.3. The Bertz CT molecular complexity index is 961. The minimum atomic E-state index is -5.33. The van der Waals surface area contributed by atoms with Gasteiger partial charge in [-0.2, -0.15) is 8.42 Å². The first-order chi connectivity index (χ1) is 16.1. The molecule has 204 valence electrons. The number of carbonyl (C=O) groups excluding carboxylic acids is 2. The molecule has 0 aromatic heterocycles. The normalized spacial score (nSPS) is 33.9. The fraction of sp³-hybridized carbons (Fsp3) is 0.875. The van der Waals surface area contributed by atoms with Gasteiger partial charge < -0.3 is 40.0 Å². The Kier molecular flexibility index (Phi) is 10.3. The van der Waals surface area contributed by atoms with Gasteiger partial charge in [-0.25, -0.2) is 8.42 Å². The van der Waals surface area contributed by atoms with Crippen LogP contribution in [0.3, 0.4) is 0 Å². The maximum Gasteiger partial charge on any atom is 0.266 e. The highest BCUT2D eigenvalue weighted by Gasteiger charge is 2.50. The van der Waals surface area contributed by atoms with Gasteiger partial charge in [0.25, 0.3) is 10.1 Å². The van der Waals surface area contributed by atoms with E-state index in [9.17, 15) is 46.3 Å². The minimum absolute atomic E-state index is 0.0929. The average Bonchev–Trinajstić information content (AvgIpc) is 3.13. The molecule has 2 fully saturated rings. The van der Waals surface area contributed by atoms with Crippen molar-refractivity contribution in [2.45, 2.75) is 62.2 Å². The maximum absolute atomic E-state index is 12.3. The molecule has 2 aliphatic rings. The molecule has 19 heteroatoms. The summed E-state index contributed by atoms with van der Waals surface area (Å²) < 4.78 is 78.9. The van der Waals surface area contributed by atoms with Gasteiger partial charge in [-0.15, -0.1) is 0 Å². The predicted octanol–water partition coefficient (Wildman–Crippen LogP) is -5.47. The smallest absolute Gasteiger partial charge is 0.266 e. The highest BCUT2D eigenvalue weighted by molar-refractivity contribution is 7.85. The minimum Gasteiger partial charge on any atom is -0.726 e. The second-order valence-electron chi connectivity index (χ2n) is 7.91. The number of nitrogens with one attached hydrogen (secondary N) is 3. The van der Waals surface area contributed by atoms with Gasteiger partial charge in [-0.05, 0) is 6.42 Å². The molecule has 2 rings (SSSR count). The molecule has 2 aliphatic heterocycles. The van der Waals surface area contributed by atoms with Gasteiger partial charge in [-0.3, -0.25) is 23.6 Å². The molecule has 7 N–H and O–H groups in total. The van der Waals surface area contributed by atoms with Crippen LogP contribution >= 0.6 is 0 Å². The fourth-order valence-corrected chi connectivity index (χ4v) is 4.63. The zero-order valence-electron chi connectivity index (χ0n) is 18.3. The summed E-state index contributed by atoms with van der Waals surface area (Å²) in [5.74, 6) is -2.08. The van der Waals surface area contributed by atoms with Crippen LogP contribution in [0, 0.1) is 0 Å². The summed E-state index contributed by atoms with van der Waals surface area (Å²) in [5.41, 5.74) is 0. The van der Waals surface area contributed by atoms with Gasteiger partial charge in [0.05, 0.1) is 37.2 Å². The van der Waals surface area contributed by atoms with E-state index >= 15 is 0 Å². The third-order valence-corrected chi connectivity index (χ3v) is 6.44. The van der Waals surface area contributed by atoms with E-state index in [-0.39, 0.29) is 13.0 Å². The van der Waals surface area contributed by atoms with Crippen LogP contribution in [0.2, 0.25) is 0 Å². The highest BCUT2D eigenvalue weighted by atomic mass is 32.3. The van der Waals surface area contributed by atoms with E-state index < -0.39 is 100 Å². The lowest BCUT2D eigenvalue weighted by Gasteiger charge is -2.44. The van der Waals surface area contributed by atoms with Crippen LogP contribution in [-0.4, -0.2) is 127 Å². The Morgan fingerprint density at radius 3 is 2.37 bits per heavy atom. The largest absolute Gasteiger partial charge is 0.726 e. The van der Waals surface area contributed by atoms with Gasteiger partial charge in [-0.1, -0.05) is 0 Å². The summed E-state index contributed by atoms with van der Waals surface area (Å²) in [7, 11) is -9.63. The lowest BCUT2D eigenvalue weighted by Crippen LogP contribution is -2.66. The van der Waals surface area contributed by atoms with Crippen molar-refractivity contribution < 1.29 is 64.5 Å². The van der Waals surface area contributed by atoms with Gasteiger partial charge in [0.15, 0.2) is 6.29 Å². The number of amides is 2. The first-order valence-corrected chi connectivity index (χ1v) is 13.2. The van der Waals surface area contributed by atoms with Gasteiger partial charge in [0.2, 0.25) is 22.2 Å². The Morgan fingerprint density at radius 2 is 1.86 bits per heavy atom. The first kappa shape index (κ1) is 29.7. The zero-order valence-corrected chi connectivity index (χ0v) is 20.0. The quantitative estimate of drug-likeness (QED) is 0.0933. The highest BCUT2D eigenvalue weighted by Crippen LogP contribution is 2.29. The molecule has 0 aromatic rings. The van der Waals surface area contributed by atoms with Gasteiger partial charge in [0.1, 0.15) is 24.4 Å². The molecule has 0 aromatic carbocycles. The van der Waals surface area contributed by atoms with Gasteiger partial charge >= 0.3 is 0 Å². The number of aliphatic hydroxyl groups excluding tert-OH is 3. The van der Waals surface area contributed by atoms with Gasteiger partial charge in [0, 0.05) is 13.5 Å². The number of aliphatic hydroxyl groups is 3. The van der Waals surface area contributed by atoms with Crippen LogP contribution in [0.1, 0.15) is 13.3 Å². The van der Waals surface area contributed by atoms with Crippen LogP contribution in [0.5, 0.6) is 0 Å². The number of hydrogen-bond acceptors (Lipinski definition) is 14. The summed E-state index contributed by atoms with van der Waals surface area (Å²) in [6, 6.07) is -3.32. The van der Waals surface area contributed by atoms with E-state index in [1.807, 2.05) is 0 Å². The number of carbonyl (C=O) groups is 2. The van der Waals surface area contributed by atoms with Crippen molar-refractivity contribution in [1.82, 2.24) is 16.0 Å². The van der Waals surface area contributed by atoms with Crippen LogP contribution in [0.25, 0.3) is 0 Å². The van der Waals surface area contributed by atoms with E-state index in [1.54, 1.807) is 0 Å². The van der Waals surface area contributed by atoms with Crippen molar-refractivity contribution in [2.24, 2.45) is 0 Å². The van der Waals surface area contributed by atoms with Crippen molar-refractivity contribution >= 4 is 32.3 Å². The Hall–Kier alpha value is -1.52. The third-order valence-electron chi connectivity index (χ3n) is 5.27. The zero-order chi connectivity index (χ0) is 26.6. The molecule has 2 saturated heterocycles. The van der Waals surface area contributed by atoms with Crippen molar-refractivity contribution in [3.63, 3.8) is 0 Å². The predicted molar refractivity (Wildman–Crippen MR) is 111 cm³/mol. The number of hydrogen-bond donors (Lipinski definition) is 7. The molecular weight excluding hydrogens is 522 g/mol. The van der Waals surface area contributed by atoms with Crippen LogP contribution < -0.4 is 16.0 Å². The molecule has 0 saturated carbocycles. The number of rotatable bonds is 11.